The average molecular weight is 537 g/mol. The van der Waals surface area contributed by atoms with Crippen LogP contribution in [0.5, 0.6) is 0 Å². The molecule has 2 saturated heterocycles. The Morgan fingerprint density at radius 2 is 1.54 bits per heavy atom. The highest BCUT2D eigenvalue weighted by atomic mass is 32.2. The predicted molar refractivity (Wildman–Crippen MR) is 125 cm³/mol. The van der Waals surface area contributed by atoms with Crippen molar-refractivity contribution in [3.05, 3.63) is 64.5 Å². The third-order valence-corrected chi connectivity index (χ3v) is 8.69. The lowest BCUT2D eigenvalue weighted by Gasteiger charge is -2.36. The van der Waals surface area contributed by atoms with Crippen molar-refractivity contribution in [3.63, 3.8) is 0 Å². The second-order valence-electron chi connectivity index (χ2n) is 9.27. The van der Waals surface area contributed by atoms with Gasteiger partial charge in [0.2, 0.25) is 21.8 Å². The first-order valence-electron chi connectivity index (χ1n) is 11.7. The molecular weight excluding hydrogens is 513 g/mol. The number of nitrogens with zero attached hydrogens (tertiary/aromatic N) is 3. The van der Waals surface area contributed by atoms with E-state index in [1.807, 2.05) is 0 Å². The lowest BCUT2D eigenvalue weighted by Crippen LogP contribution is -2.52. The summed E-state index contributed by atoms with van der Waals surface area (Å²) in [7, 11) is -3.87. The molecule has 3 heterocycles. The van der Waals surface area contributed by atoms with Crippen molar-refractivity contribution >= 4 is 33.4 Å². The van der Waals surface area contributed by atoms with Crippen LogP contribution in [-0.2, 0) is 31.9 Å². The number of fused-ring (bicyclic) bond motifs is 1. The molecule has 0 spiro atoms. The monoisotopic (exact) mass is 536 g/mol. The van der Waals surface area contributed by atoms with Crippen LogP contribution in [0.25, 0.3) is 0 Å². The molecule has 2 aromatic rings. The molecule has 0 bridgehead atoms. The van der Waals surface area contributed by atoms with E-state index in [0.29, 0.717) is 17.3 Å². The van der Waals surface area contributed by atoms with Crippen molar-refractivity contribution in [3.8, 4) is 0 Å². The SMILES string of the molecule is O=C1CCC(N2Cc3c(cc(F)cc3N3CCN(S(=O)(=O)Cc4cc(F)cc(F)c4)CC3)C2=O)C(=O)N1. The van der Waals surface area contributed by atoms with Crippen LogP contribution in [0.1, 0.15) is 34.3 Å². The van der Waals surface area contributed by atoms with Crippen molar-refractivity contribution in [2.75, 3.05) is 31.1 Å². The number of piperazine rings is 1. The van der Waals surface area contributed by atoms with E-state index in [2.05, 4.69) is 5.32 Å². The maximum absolute atomic E-state index is 14.5. The number of carbonyl (C=O) groups excluding carboxylic acids is 3. The summed E-state index contributed by atoms with van der Waals surface area (Å²) in [5.41, 5.74) is 1.09. The Balaban J connectivity index is 1.32. The Labute approximate surface area is 210 Å². The number of nitrogens with one attached hydrogen (secondary N) is 1. The molecule has 2 aromatic carbocycles. The number of hydrogen-bond acceptors (Lipinski definition) is 6. The molecular formula is C24H23F3N4O5S. The summed E-state index contributed by atoms with van der Waals surface area (Å²) in [4.78, 5) is 40.0. The normalized spacial score (nSPS) is 20.8. The van der Waals surface area contributed by atoms with Gasteiger partial charge < -0.3 is 9.80 Å². The first kappa shape index (κ1) is 25.2. The number of carbonyl (C=O) groups is 3. The smallest absolute Gasteiger partial charge is 0.255 e. The summed E-state index contributed by atoms with van der Waals surface area (Å²) in [6, 6.07) is 4.16. The van der Waals surface area contributed by atoms with Gasteiger partial charge in [-0.1, -0.05) is 0 Å². The first-order valence-corrected chi connectivity index (χ1v) is 13.3. The van der Waals surface area contributed by atoms with E-state index in [1.165, 1.54) is 15.3 Å². The van der Waals surface area contributed by atoms with Gasteiger partial charge in [-0.15, -0.1) is 0 Å². The van der Waals surface area contributed by atoms with Crippen LogP contribution in [0, 0.1) is 17.5 Å². The number of benzene rings is 2. The number of hydrogen-bond donors (Lipinski definition) is 1. The zero-order chi connectivity index (χ0) is 26.5. The number of amides is 3. The Hall–Kier alpha value is -3.45. The van der Waals surface area contributed by atoms with Crippen molar-refractivity contribution in [2.45, 2.75) is 31.2 Å². The van der Waals surface area contributed by atoms with E-state index >= 15 is 0 Å². The number of rotatable bonds is 5. The molecule has 5 rings (SSSR count). The van der Waals surface area contributed by atoms with E-state index in [-0.39, 0.29) is 56.7 Å². The van der Waals surface area contributed by atoms with E-state index < -0.39 is 57.0 Å². The average Bonchev–Trinajstić information content (AvgIpc) is 3.14. The Bertz CT molecular complexity index is 1390. The molecule has 1 unspecified atom stereocenters. The summed E-state index contributed by atoms with van der Waals surface area (Å²) < 4.78 is 68.5. The van der Waals surface area contributed by atoms with Gasteiger partial charge in [-0.3, -0.25) is 19.7 Å². The minimum Gasteiger partial charge on any atom is -0.369 e. The van der Waals surface area contributed by atoms with Crippen molar-refractivity contribution in [1.29, 1.82) is 0 Å². The second kappa shape index (κ2) is 9.45. The van der Waals surface area contributed by atoms with E-state index in [1.54, 1.807) is 4.90 Å². The largest absolute Gasteiger partial charge is 0.369 e. The standard InChI is InChI=1S/C24H23F3N4O5S/c25-15-7-14(8-16(26)9-15)13-37(35,36)30-5-3-29(4-6-30)21-11-17(27)10-18-19(21)12-31(24(18)34)20-1-2-22(32)28-23(20)33/h7-11,20H,1-6,12-13H2,(H,28,32,33). The van der Waals surface area contributed by atoms with Gasteiger partial charge in [-0.05, 0) is 36.2 Å². The maximum Gasteiger partial charge on any atom is 0.255 e. The molecule has 196 valence electrons. The zero-order valence-corrected chi connectivity index (χ0v) is 20.4. The van der Waals surface area contributed by atoms with Gasteiger partial charge in [0.15, 0.2) is 0 Å². The summed E-state index contributed by atoms with van der Waals surface area (Å²) in [5.74, 6) is -4.42. The summed E-state index contributed by atoms with van der Waals surface area (Å²) in [6.45, 7) is 0.546. The molecule has 3 aliphatic rings. The van der Waals surface area contributed by atoms with Gasteiger partial charge >= 0.3 is 0 Å². The van der Waals surface area contributed by atoms with Crippen LogP contribution in [0.3, 0.4) is 0 Å². The number of imide groups is 1. The fraction of sp³-hybridized carbons (Fsp3) is 0.375. The Morgan fingerprint density at radius 3 is 2.19 bits per heavy atom. The third-order valence-electron chi connectivity index (χ3n) is 6.84. The number of sulfonamides is 1. The highest BCUT2D eigenvalue weighted by Gasteiger charge is 2.41. The summed E-state index contributed by atoms with van der Waals surface area (Å²) >= 11 is 0. The second-order valence-corrected chi connectivity index (χ2v) is 11.2. The maximum atomic E-state index is 14.5. The molecule has 0 saturated carbocycles. The highest BCUT2D eigenvalue weighted by molar-refractivity contribution is 7.88. The number of halogens is 3. The Morgan fingerprint density at radius 1 is 0.892 bits per heavy atom. The van der Waals surface area contributed by atoms with Gasteiger partial charge in [0.1, 0.15) is 23.5 Å². The molecule has 13 heteroatoms. The molecule has 2 fully saturated rings. The van der Waals surface area contributed by atoms with Crippen LogP contribution < -0.4 is 10.2 Å². The van der Waals surface area contributed by atoms with Gasteiger partial charge in [0.25, 0.3) is 5.91 Å². The first-order chi connectivity index (χ1) is 17.5. The molecule has 3 amide bonds. The number of piperidine rings is 1. The lowest BCUT2D eigenvalue weighted by atomic mass is 10.0. The molecule has 0 aliphatic carbocycles. The minimum absolute atomic E-state index is 0.00469. The van der Waals surface area contributed by atoms with Gasteiger partial charge in [-0.2, -0.15) is 4.31 Å². The van der Waals surface area contributed by atoms with Crippen molar-refractivity contribution in [2.24, 2.45) is 0 Å². The quantitative estimate of drug-likeness (QED) is 0.581. The molecule has 1 N–H and O–H groups in total. The van der Waals surface area contributed by atoms with Crippen LogP contribution in [-0.4, -0.2) is 67.6 Å². The van der Waals surface area contributed by atoms with Gasteiger partial charge in [0.05, 0.1) is 5.75 Å². The topological polar surface area (TPSA) is 107 Å². The molecule has 3 aliphatic heterocycles. The van der Waals surface area contributed by atoms with E-state index in [0.717, 1.165) is 18.2 Å². The van der Waals surface area contributed by atoms with Crippen LogP contribution >= 0.6 is 0 Å². The zero-order valence-electron chi connectivity index (χ0n) is 19.5. The summed E-state index contributed by atoms with van der Waals surface area (Å²) in [6.07, 6.45) is 0.268. The fourth-order valence-corrected chi connectivity index (χ4v) is 6.58. The minimum atomic E-state index is -3.87. The van der Waals surface area contributed by atoms with E-state index in [4.69, 9.17) is 0 Å². The van der Waals surface area contributed by atoms with Crippen molar-refractivity contribution in [1.82, 2.24) is 14.5 Å². The van der Waals surface area contributed by atoms with Crippen LogP contribution in [0.15, 0.2) is 30.3 Å². The van der Waals surface area contributed by atoms with Crippen LogP contribution in [0.4, 0.5) is 18.9 Å². The van der Waals surface area contributed by atoms with Crippen molar-refractivity contribution < 1.29 is 36.0 Å². The Kier molecular flexibility index (Phi) is 6.44. The van der Waals surface area contributed by atoms with Gasteiger partial charge in [0, 0.05) is 62.0 Å². The van der Waals surface area contributed by atoms with Gasteiger partial charge in [-0.25, -0.2) is 21.6 Å². The van der Waals surface area contributed by atoms with Crippen LogP contribution in [0.2, 0.25) is 0 Å². The molecule has 37 heavy (non-hydrogen) atoms. The fourth-order valence-electron chi connectivity index (χ4n) is 5.09. The highest BCUT2D eigenvalue weighted by Crippen LogP contribution is 2.35. The predicted octanol–water partition coefficient (Wildman–Crippen LogP) is 1.52. The van der Waals surface area contributed by atoms with E-state index in [9.17, 15) is 36.0 Å². The molecule has 0 radical (unpaired) electrons. The molecule has 1 atom stereocenters. The molecule has 0 aromatic heterocycles. The summed E-state index contributed by atoms with van der Waals surface area (Å²) in [5, 5.41) is 2.23. The number of anilines is 1. The lowest BCUT2D eigenvalue weighted by molar-refractivity contribution is -0.136. The third kappa shape index (κ3) is 4.92. The molecule has 9 nitrogen and oxygen atoms in total.